The highest BCUT2D eigenvalue weighted by Gasteiger charge is 2.05. The van der Waals surface area contributed by atoms with Gasteiger partial charge in [-0.05, 0) is 18.3 Å². The van der Waals surface area contributed by atoms with Gasteiger partial charge in [0.1, 0.15) is 0 Å². The number of unbranched alkanes of at least 4 members (excludes halogenated alkanes) is 5. The SMILES string of the molecule is C=C(C(C)C)N(C)CCCCCCCCC(C)C. The molecule has 0 N–H and O–H groups in total. The maximum atomic E-state index is 4.14. The van der Waals surface area contributed by atoms with Gasteiger partial charge in [-0.15, -0.1) is 0 Å². The van der Waals surface area contributed by atoms with Crippen LogP contribution in [-0.2, 0) is 0 Å². The molecule has 0 heterocycles. The van der Waals surface area contributed by atoms with Gasteiger partial charge in [0.25, 0.3) is 0 Å². The van der Waals surface area contributed by atoms with Crippen LogP contribution >= 0.6 is 0 Å². The number of allylic oxidation sites excluding steroid dienone is 1. The molecule has 0 fully saturated rings. The van der Waals surface area contributed by atoms with Crippen molar-refractivity contribution in [1.82, 2.24) is 4.90 Å². The first-order valence-electron chi connectivity index (χ1n) is 7.85. The molecular formula is C17H35N. The van der Waals surface area contributed by atoms with Gasteiger partial charge in [-0.2, -0.15) is 0 Å². The fourth-order valence-corrected chi connectivity index (χ4v) is 2.19. The summed E-state index contributed by atoms with van der Waals surface area (Å²) in [6, 6.07) is 0. The van der Waals surface area contributed by atoms with E-state index in [1.165, 1.54) is 57.2 Å². The molecule has 0 radical (unpaired) electrons. The van der Waals surface area contributed by atoms with E-state index in [0.29, 0.717) is 5.92 Å². The Morgan fingerprint density at radius 1 is 0.889 bits per heavy atom. The lowest BCUT2D eigenvalue weighted by Crippen LogP contribution is -2.21. The van der Waals surface area contributed by atoms with Crippen LogP contribution in [0, 0.1) is 11.8 Å². The summed E-state index contributed by atoms with van der Waals surface area (Å²) in [6.45, 7) is 14.4. The Morgan fingerprint density at radius 3 is 1.89 bits per heavy atom. The standard InChI is InChI=1S/C17H35N/c1-15(2)13-11-9-7-8-10-12-14-18(6)17(5)16(3)4/h15-16H,5,7-14H2,1-4,6H3. The van der Waals surface area contributed by atoms with Crippen molar-refractivity contribution in [2.24, 2.45) is 11.8 Å². The van der Waals surface area contributed by atoms with Gasteiger partial charge in [-0.3, -0.25) is 0 Å². The zero-order valence-electron chi connectivity index (χ0n) is 13.5. The number of hydrogen-bond acceptors (Lipinski definition) is 1. The molecule has 0 rings (SSSR count). The Kier molecular flexibility index (Phi) is 10.2. The third kappa shape index (κ3) is 9.56. The van der Waals surface area contributed by atoms with Gasteiger partial charge in [0.2, 0.25) is 0 Å². The fourth-order valence-electron chi connectivity index (χ4n) is 2.19. The van der Waals surface area contributed by atoms with Crippen molar-refractivity contribution in [3.8, 4) is 0 Å². The molecule has 0 atom stereocenters. The van der Waals surface area contributed by atoms with E-state index in [1.54, 1.807) is 0 Å². The molecule has 18 heavy (non-hydrogen) atoms. The van der Waals surface area contributed by atoms with Gasteiger partial charge in [0.15, 0.2) is 0 Å². The summed E-state index contributed by atoms with van der Waals surface area (Å²) in [5.74, 6) is 1.45. The minimum atomic E-state index is 0.575. The number of rotatable bonds is 11. The molecule has 0 saturated carbocycles. The number of nitrogens with zero attached hydrogens (tertiary/aromatic N) is 1. The largest absolute Gasteiger partial charge is 0.378 e. The average Bonchev–Trinajstić information content (AvgIpc) is 2.30. The van der Waals surface area contributed by atoms with Crippen molar-refractivity contribution in [2.45, 2.75) is 72.6 Å². The van der Waals surface area contributed by atoms with Crippen molar-refractivity contribution in [3.63, 3.8) is 0 Å². The van der Waals surface area contributed by atoms with E-state index < -0.39 is 0 Å². The maximum absolute atomic E-state index is 4.14. The molecule has 0 aliphatic carbocycles. The van der Waals surface area contributed by atoms with Gasteiger partial charge < -0.3 is 4.90 Å². The van der Waals surface area contributed by atoms with E-state index in [2.05, 4.69) is 46.2 Å². The lowest BCUT2D eigenvalue weighted by Gasteiger charge is -2.24. The Hall–Kier alpha value is -0.460. The molecule has 0 aliphatic heterocycles. The molecule has 0 aromatic rings. The highest BCUT2D eigenvalue weighted by Crippen LogP contribution is 2.14. The van der Waals surface area contributed by atoms with Crippen LogP contribution in [0.3, 0.4) is 0 Å². The minimum absolute atomic E-state index is 0.575. The quantitative estimate of drug-likeness (QED) is 0.441. The van der Waals surface area contributed by atoms with Crippen molar-refractivity contribution >= 4 is 0 Å². The lowest BCUT2D eigenvalue weighted by molar-refractivity contribution is 0.362. The second-order valence-electron chi connectivity index (χ2n) is 6.37. The summed E-state index contributed by atoms with van der Waals surface area (Å²) in [6.07, 6.45) is 9.75. The van der Waals surface area contributed by atoms with Crippen molar-refractivity contribution in [2.75, 3.05) is 13.6 Å². The first-order valence-corrected chi connectivity index (χ1v) is 7.85. The topological polar surface area (TPSA) is 3.24 Å². The monoisotopic (exact) mass is 253 g/mol. The summed E-state index contributed by atoms with van der Waals surface area (Å²) < 4.78 is 0. The molecule has 1 heteroatoms. The second kappa shape index (κ2) is 10.5. The van der Waals surface area contributed by atoms with Gasteiger partial charge in [0, 0.05) is 19.3 Å². The van der Waals surface area contributed by atoms with E-state index in [-0.39, 0.29) is 0 Å². The smallest absolute Gasteiger partial charge is 0.0171 e. The highest BCUT2D eigenvalue weighted by molar-refractivity contribution is 4.95. The fraction of sp³-hybridized carbons (Fsp3) is 0.882. The van der Waals surface area contributed by atoms with E-state index in [9.17, 15) is 0 Å². The van der Waals surface area contributed by atoms with Crippen LogP contribution in [0.5, 0.6) is 0 Å². The zero-order valence-corrected chi connectivity index (χ0v) is 13.5. The molecule has 0 amide bonds. The predicted octanol–water partition coefficient (Wildman–Crippen LogP) is 5.47. The Balaban J connectivity index is 3.33. The summed E-state index contributed by atoms with van der Waals surface area (Å²) in [5.41, 5.74) is 1.27. The summed E-state index contributed by atoms with van der Waals surface area (Å²) in [7, 11) is 2.17. The summed E-state index contributed by atoms with van der Waals surface area (Å²) in [4.78, 5) is 2.32. The average molecular weight is 253 g/mol. The highest BCUT2D eigenvalue weighted by atomic mass is 15.1. The van der Waals surface area contributed by atoms with Crippen molar-refractivity contribution in [3.05, 3.63) is 12.3 Å². The van der Waals surface area contributed by atoms with Crippen LogP contribution in [-0.4, -0.2) is 18.5 Å². The summed E-state index contributed by atoms with van der Waals surface area (Å²) >= 11 is 0. The lowest BCUT2D eigenvalue weighted by atomic mass is 10.0. The normalized spacial score (nSPS) is 11.3. The Labute approximate surface area is 116 Å². The van der Waals surface area contributed by atoms with Gasteiger partial charge >= 0.3 is 0 Å². The first-order chi connectivity index (χ1) is 8.45. The van der Waals surface area contributed by atoms with Crippen LogP contribution < -0.4 is 0 Å². The molecule has 0 aliphatic rings. The van der Waals surface area contributed by atoms with Crippen LogP contribution in [0.1, 0.15) is 72.6 Å². The van der Waals surface area contributed by atoms with E-state index in [0.717, 1.165) is 5.92 Å². The van der Waals surface area contributed by atoms with Crippen molar-refractivity contribution in [1.29, 1.82) is 0 Å². The molecule has 0 unspecified atom stereocenters. The summed E-state index contributed by atoms with van der Waals surface area (Å²) in [5, 5.41) is 0. The second-order valence-corrected chi connectivity index (χ2v) is 6.37. The third-order valence-corrected chi connectivity index (χ3v) is 3.68. The Morgan fingerprint density at radius 2 is 1.39 bits per heavy atom. The molecule has 0 spiro atoms. The van der Waals surface area contributed by atoms with E-state index in [1.807, 2.05) is 0 Å². The zero-order chi connectivity index (χ0) is 14.0. The maximum Gasteiger partial charge on any atom is 0.0171 e. The van der Waals surface area contributed by atoms with E-state index >= 15 is 0 Å². The van der Waals surface area contributed by atoms with Gasteiger partial charge in [-0.25, -0.2) is 0 Å². The van der Waals surface area contributed by atoms with Crippen molar-refractivity contribution < 1.29 is 0 Å². The molecule has 0 bridgehead atoms. The molecule has 0 aromatic carbocycles. The van der Waals surface area contributed by atoms with Crippen LogP contribution in [0.15, 0.2) is 12.3 Å². The molecule has 0 saturated heterocycles. The van der Waals surface area contributed by atoms with E-state index in [4.69, 9.17) is 0 Å². The van der Waals surface area contributed by atoms with Crippen LogP contribution in [0.4, 0.5) is 0 Å². The van der Waals surface area contributed by atoms with Gasteiger partial charge in [0.05, 0.1) is 0 Å². The molecule has 1 nitrogen and oxygen atoms in total. The number of hydrogen-bond donors (Lipinski definition) is 0. The van der Waals surface area contributed by atoms with Crippen LogP contribution in [0.2, 0.25) is 0 Å². The minimum Gasteiger partial charge on any atom is -0.378 e. The van der Waals surface area contributed by atoms with Gasteiger partial charge in [-0.1, -0.05) is 72.8 Å². The molecule has 108 valence electrons. The Bertz CT molecular complexity index is 206. The molecular weight excluding hydrogens is 218 g/mol. The molecule has 0 aromatic heterocycles. The first kappa shape index (κ1) is 17.5. The van der Waals surface area contributed by atoms with Crippen LogP contribution in [0.25, 0.3) is 0 Å². The predicted molar refractivity (Wildman–Crippen MR) is 83.8 cm³/mol. The third-order valence-electron chi connectivity index (χ3n) is 3.68.